The Morgan fingerprint density at radius 2 is 1.56 bits per heavy atom. The third-order valence-electron chi connectivity index (χ3n) is 6.42. The Hall–Kier alpha value is -3.79. The zero-order valence-electron chi connectivity index (χ0n) is 18.3. The lowest BCUT2D eigenvalue weighted by molar-refractivity contribution is 0.482. The van der Waals surface area contributed by atoms with Crippen LogP contribution in [0, 0.1) is 20.8 Å². The molecule has 0 N–H and O–H groups in total. The number of benzene rings is 3. The number of rotatable bonds is 2. The van der Waals surface area contributed by atoms with Gasteiger partial charge < -0.3 is 9.15 Å². The molecule has 0 unspecified atom stereocenters. The first kappa shape index (κ1) is 18.9. The van der Waals surface area contributed by atoms with Gasteiger partial charge in [0.25, 0.3) is 6.71 Å². The van der Waals surface area contributed by atoms with Gasteiger partial charge in [0.15, 0.2) is 5.75 Å². The van der Waals surface area contributed by atoms with Crippen molar-refractivity contribution in [3.8, 4) is 22.8 Å². The largest absolute Gasteiger partial charge is 0.466 e. The molecule has 3 heterocycles. The molecule has 154 valence electrons. The number of hydrogen-bond acceptors (Lipinski definition) is 3. The van der Waals surface area contributed by atoms with Crippen molar-refractivity contribution in [3.63, 3.8) is 0 Å². The van der Waals surface area contributed by atoms with E-state index in [1.165, 1.54) is 16.6 Å². The molecular weight excluding hydrogens is 393 g/mol. The highest BCUT2D eigenvalue weighted by molar-refractivity contribution is 6.96. The maximum atomic E-state index is 6.56. The van der Waals surface area contributed by atoms with Gasteiger partial charge in [0, 0.05) is 11.8 Å². The SMILES string of the molecule is Cc1ccc(-c2cccc3oc4c(c23)Oc2ccccc2B4c2c(C)cccc2C)nc1. The summed E-state index contributed by atoms with van der Waals surface area (Å²) in [4.78, 5) is 4.68. The fourth-order valence-corrected chi connectivity index (χ4v) is 4.90. The van der Waals surface area contributed by atoms with E-state index < -0.39 is 0 Å². The number of fused-ring (bicyclic) bond motifs is 4. The van der Waals surface area contributed by atoms with Gasteiger partial charge in [0.1, 0.15) is 17.0 Å². The second-order valence-electron chi connectivity index (χ2n) is 8.57. The van der Waals surface area contributed by atoms with Crippen LogP contribution < -0.4 is 21.3 Å². The van der Waals surface area contributed by atoms with Gasteiger partial charge in [-0.05, 0) is 50.0 Å². The highest BCUT2D eigenvalue weighted by Crippen LogP contribution is 2.39. The zero-order chi connectivity index (χ0) is 21.8. The van der Waals surface area contributed by atoms with Crippen molar-refractivity contribution in [1.29, 1.82) is 0 Å². The zero-order valence-corrected chi connectivity index (χ0v) is 18.3. The third-order valence-corrected chi connectivity index (χ3v) is 6.42. The van der Waals surface area contributed by atoms with Crippen molar-refractivity contribution in [2.75, 3.05) is 0 Å². The molecule has 2 aromatic heterocycles. The van der Waals surface area contributed by atoms with Crippen molar-refractivity contribution < 1.29 is 9.15 Å². The summed E-state index contributed by atoms with van der Waals surface area (Å²) in [5, 5.41) is 0.976. The number of aryl methyl sites for hydroxylation is 3. The van der Waals surface area contributed by atoms with E-state index in [9.17, 15) is 0 Å². The predicted octanol–water partition coefficient (Wildman–Crippen LogP) is 5.04. The molecular formula is C28H22BNO2. The van der Waals surface area contributed by atoms with Crippen LogP contribution in [0.4, 0.5) is 0 Å². The normalized spacial score (nSPS) is 12.4. The second-order valence-corrected chi connectivity index (χ2v) is 8.57. The highest BCUT2D eigenvalue weighted by Gasteiger charge is 2.39. The van der Waals surface area contributed by atoms with Gasteiger partial charge in [-0.2, -0.15) is 0 Å². The molecule has 4 heteroatoms. The van der Waals surface area contributed by atoms with E-state index in [1.807, 2.05) is 37.4 Å². The Labute approximate surface area is 187 Å². The van der Waals surface area contributed by atoms with E-state index in [-0.39, 0.29) is 6.71 Å². The minimum Gasteiger partial charge on any atom is -0.466 e. The quantitative estimate of drug-likeness (QED) is 0.372. The lowest BCUT2D eigenvalue weighted by atomic mass is 9.36. The van der Waals surface area contributed by atoms with Gasteiger partial charge in [-0.25, -0.2) is 0 Å². The average Bonchev–Trinajstić information content (AvgIpc) is 3.17. The first-order chi connectivity index (χ1) is 15.6. The fraction of sp³-hybridized carbons (Fsp3) is 0.107. The maximum Gasteiger partial charge on any atom is 0.297 e. The predicted molar refractivity (Wildman–Crippen MR) is 131 cm³/mol. The molecule has 0 bridgehead atoms. The maximum absolute atomic E-state index is 6.56. The topological polar surface area (TPSA) is 35.3 Å². The van der Waals surface area contributed by atoms with Crippen LogP contribution in [0.3, 0.4) is 0 Å². The third kappa shape index (κ3) is 2.80. The van der Waals surface area contributed by atoms with E-state index in [0.717, 1.165) is 50.4 Å². The van der Waals surface area contributed by atoms with Crippen molar-refractivity contribution in [2.24, 2.45) is 0 Å². The number of ether oxygens (including phenoxy) is 1. The van der Waals surface area contributed by atoms with Gasteiger partial charge in [-0.1, -0.05) is 71.2 Å². The minimum absolute atomic E-state index is 0.0256. The molecule has 0 fully saturated rings. The standard InChI is InChI=1S/C28H22BNO2/c1-17-14-15-22(30-16-17)20-10-7-13-24-25(20)27-28(32-24)29(21-11-4-5-12-23(21)31-27)26-18(2)8-6-9-19(26)3/h4-16H,1-3H3. The summed E-state index contributed by atoms with van der Waals surface area (Å²) >= 11 is 0. The summed E-state index contributed by atoms with van der Waals surface area (Å²) in [6.07, 6.45) is 1.90. The fourth-order valence-electron chi connectivity index (χ4n) is 4.90. The van der Waals surface area contributed by atoms with E-state index in [1.54, 1.807) is 0 Å². The Morgan fingerprint density at radius 3 is 2.34 bits per heavy atom. The summed E-state index contributed by atoms with van der Waals surface area (Å²) in [7, 11) is 0. The summed E-state index contributed by atoms with van der Waals surface area (Å²) in [6.45, 7) is 6.36. The molecule has 1 aliphatic heterocycles. The molecule has 5 aromatic rings. The molecule has 1 aliphatic rings. The molecule has 3 aromatic carbocycles. The molecule has 0 aliphatic carbocycles. The van der Waals surface area contributed by atoms with E-state index >= 15 is 0 Å². The lowest BCUT2D eigenvalue weighted by Crippen LogP contribution is -2.56. The Balaban J connectivity index is 1.67. The first-order valence-electron chi connectivity index (χ1n) is 10.9. The molecule has 32 heavy (non-hydrogen) atoms. The Morgan fingerprint density at radius 1 is 0.781 bits per heavy atom. The van der Waals surface area contributed by atoms with Crippen molar-refractivity contribution in [2.45, 2.75) is 20.8 Å². The van der Waals surface area contributed by atoms with Crippen LogP contribution in [-0.2, 0) is 0 Å². The van der Waals surface area contributed by atoms with Crippen LogP contribution in [0.5, 0.6) is 11.5 Å². The Bertz CT molecular complexity index is 1460. The molecule has 0 saturated heterocycles. The molecule has 0 atom stereocenters. The first-order valence-corrected chi connectivity index (χ1v) is 10.9. The molecule has 0 spiro atoms. The van der Waals surface area contributed by atoms with Crippen LogP contribution in [0.25, 0.3) is 22.2 Å². The van der Waals surface area contributed by atoms with Gasteiger partial charge >= 0.3 is 0 Å². The number of aromatic nitrogens is 1. The van der Waals surface area contributed by atoms with Gasteiger partial charge in [-0.3, -0.25) is 4.98 Å². The van der Waals surface area contributed by atoms with Crippen LogP contribution in [0.1, 0.15) is 16.7 Å². The Kier molecular flexibility index (Phi) is 4.22. The second kappa shape index (κ2) is 7.13. The summed E-state index contributed by atoms with van der Waals surface area (Å²) in [5.74, 6) is 1.67. The van der Waals surface area contributed by atoms with E-state index in [4.69, 9.17) is 9.15 Å². The molecule has 6 rings (SSSR count). The van der Waals surface area contributed by atoms with Crippen molar-refractivity contribution in [3.05, 3.63) is 95.7 Å². The lowest BCUT2D eigenvalue weighted by Gasteiger charge is -2.25. The minimum atomic E-state index is -0.0256. The van der Waals surface area contributed by atoms with E-state index in [0.29, 0.717) is 0 Å². The average molecular weight is 415 g/mol. The monoisotopic (exact) mass is 415 g/mol. The number of para-hydroxylation sites is 1. The van der Waals surface area contributed by atoms with Crippen LogP contribution in [-0.4, -0.2) is 11.7 Å². The highest BCUT2D eigenvalue weighted by atomic mass is 16.5. The number of pyridine rings is 1. The summed E-state index contributed by atoms with van der Waals surface area (Å²) < 4.78 is 13.1. The van der Waals surface area contributed by atoms with Crippen LogP contribution in [0.15, 0.2) is 83.4 Å². The molecule has 0 amide bonds. The number of furan rings is 1. The van der Waals surface area contributed by atoms with Gasteiger partial charge in [0.05, 0.1) is 11.1 Å². The van der Waals surface area contributed by atoms with E-state index in [2.05, 4.69) is 67.4 Å². The number of hydrogen-bond donors (Lipinski definition) is 0. The summed E-state index contributed by atoms with van der Waals surface area (Å²) in [6, 6.07) is 25.0. The molecule has 0 radical (unpaired) electrons. The van der Waals surface area contributed by atoms with Gasteiger partial charge in [-0.15, -0.1) is 0 Å². The smallest absolute Gasteiger partial charge is 0.297 e. The van der Waals surface area contributed by atoms with Crippen LogP contribution >= 0.6 is 0 Å². The van der Waals surface area contributed by atoms with Crippen molar-refractivity contribution >= 4 is 34.3 Å². The van der Waals surface area contributed by atoms with Crippen LogP contribution in [0.2, 0.25) is 0 Å². The summed E-state index contributed by atoms with van der Waals surface area (Å²) in [5.41, 5.74) is 9.65. The van der Waals surface area contributed by atoms with Crippen molar-refractivity contribution in [1.82, 2.24) is 4.98 Å². The molecule has 0 saturated carbocycles. The molecule has 3 nitrogen and oxygen atoms in total. The van der Waals surface area contributed by atoms with Gasteiger partial charge in [0.2, 0.25) is 0 Å². The number of nitrogens with zero attached hydrogens (tertiary/aromatic N) is 1.